The number of halogens is 3. The minimum Gasteiger partial charge on any atom is -0.488 e. The second kappa shape index (κ2) is 9.50. The Morgan fingerprint density at radius 2 is 1.78 bits per heavy atom. The number of aromatic nitrogens is 1. The zero-order valence-corrected chi connectivity index (χ0v) is 20.4. The maximum absolute atomic E-state index is 13.2. The summed E-state index contributed by atoms with van der Waals surface area (Å²) in [4.78, 5) is 15.0. The third-order valence-electron chi connectivity index (χ3n) is 7.19. The maximum atomic E-state index is 13.2. The molecule has 0 unspecified atom stereocenters. The van der Waals surface area contributed by atoms with Crippen molar-refractivity contribution < 1.29 is 30.4 Å². The molecule has 3 aliphatic rings. The smallest absolute Gasteiger partial charge is 0.416 e. The van der Waals surface area contributed by atoms with Gasteiger partial charge in [0, 0.05) is 49.5 Å². The van der Waals surface area contributed by atoms with Crippen molar-refractivity contribution in [3.63, 3.8) is 0 Å². The first-order chi connectivity index (χ1) is 18.2. The molecule has 2 aromatic rings. The number of nitrogens with zero attached hydrogens (tertiary/aromatic N) is 3. The van der Waals surface area contributed by atoms with Crippen LogP contribution < -0.4 is 10.3 Å². The predicted molar refractivity (Wildman–Crippen MR) is 128 cm³/mol. The molecule has 0 spiro atoms. The molecule has 0 radical (unpaired) electrons. The molecular weight excluding hydrogens is 495 g/mol. The highest BCUT2D eigenvalue weighted by molar-refractivity contribution is 7.90. The third-order valence-corrected chi connectivity index (χ3v) is 9.59. The highest BCUT2D eigenvalue weighted by atomic mass is 32.2. The molecule has 1 saturated heterocycles. The van der Waals surface area contributed by atoms with E-state index < -0.39 is 34.3 Å². The molecular formula is C25H30F3N3O4S. The van der Waals surface area contributed by atoms with E-state index in [2.05, 4.69) is 0 Å². The molecule has 196 valence electrons. The van der Waals surface area contributed by atoms with Gasteiger partial charge in [0.25, 0.3) is 5.56 Å². The molecule has 0 N–H and O–H groups in total. The SMILES string of the molecule is [2H]C([2H])([2H])n1c(CN2Cc3ccc(C(F)(F)F)cc3C2)ccc(OCC2CCN(S(=O)(=O)C3CC3)CC2)c1=O. The first kappa shape index (κ1) is 21.7. The van der Waals surface area contributed by atoms with Gasteiger partial charge in [-0.05, 0) is 67.0 Å². The zero-order valence-electron chi connectivity index (χ0n) is 22.6. The van der Waals surface area contributed by atoms with Gasteiger partial charge in [-0.1, -0.05) is 6.07 Å². The molecule has 11 heteroatoms. The van der Waals surface area contributed by atoms with Gasteiger partial charge in [0.1, 0.15) is 0 Å². The number of alkyl halides is 3. The van der Waals surface area contributed by atoms with Gasteiger partial charge in [-0.25, -0.2) is 12.7 Å². The Balaban J connectivity index is 1.25. The van der Waals surface area contributed by atoms with Crippen LogP contribution in [0.15, 0.2) is 35.1 Å². The molecule has 2 aliphatic heterocycles. The Bertz CT molecular complexity index is 1400. The molecule has 2 fully saturated rings. The molecule has 1 aromatic carbocycles. The minimum atomic E-state index is -4.45. The fourth-order valence-electron chi connectivity index (χ4n) is 4.89. The lowest BCUT2D eigenvalue weighted by atomic mass is 9.99. The number of rotatable bonds is 7. The van der Waals surface area contributed by atoms with Crippen LogP contribution in [0.4, 0.5) is 13.2 Å². The van der Waals surface area contributed by atoms with Crippen LogP contribution in [-0.4, -0.2) is 47.1 Å². The van der Waals surface area contributed by atoms with E-state index in [1.807, 2.05) is 0 Å². The van der Waals surface area contributed by atoms with Crippen LogP contribution in [0.2, 0.25) is 0 Å². The number of benzene rings is 1. The van der Waals surface area contributed by atoms with Crippen molar-refractivity contribution in [1.29, 1.82) is 0 Å². The monoisotopic (exact) mass is 528 g/mol. The summed E-state index contributed by atoms with van der Waals surface area (Å²) >= 11 is 0. The van der Waals surface area contributed by atoms with Crippen LogP contribution in [0.25, 0.3) is 0 Å². The molecule has 5 rings (SSSR count). The molecule has 3 heterocycles. The first-order valence-electron chi connectivity index (χ1n) is 13.5. The number of sulfonamides is 1. The summed E-state index contributed by atoms with van der Waals surface area (Å²) in [7, 11) is -3.23. The van der Waals surface area contributed by atoms with E-state index in [-0.39, 0.29) is 42.3 Å². The van der Waals surface area contributed by atoms with Gasteiger partial charge < -0.3 is 9.30 Å². The molecule has 0 bridgehead atoms. The molecule has 1 aliphatic carbocycles. The van der Waals surface area contributed by atoms with Gasteiger partial charge in [-0.2, -0.15) is 13.2 Å². The standard InChI is InChI=1S/C25H30F3N3O4S/c1-29-21(15-30-13-18-2-3-20(25(26,27)28)12-19(18)14-30)4-7-23(24(29)32)35-16-17-8-10-31(11-9-17)36(33,34)22-5-6-22/h2-4,7,12,17,22H,5-6,8-11,13-16H2,1H3/i1D3. The van der Waals surface area contributed by atoms with Crippen molar-refractivity contribution in [3.05, 3.63) is 63.1 Å². The van der Waals surface area contributed by atoms with E-state index in [4.69, 9.17) is 8.85 Å². The van der Waals surface area contributed by atoms with Crippen LogP contribution >= 0.6 is 0 Å². The summed E-state index contributed by atoms with van der Waals surface area (Å²) in [6, 6.07) is 6.49. The van der Waals surface area contributed by atoms with E-state index in [9.17, 15) is 26.4 Å². The summed E-state index contributed by atoms with van der Waals surface area (Å²) in [5.41, 5.74) is -0.100. The molecule has 36 heavy (non-hydrogen) atoms. The van der Waals surface area contributed by atoms with E-state index in [0.29, 0.717) is 55.4 Å². The average Bonchev–Trinajstić information content (AvgIpc) is 3.63. The first-order valence-corrected chi connectivity index (χ1v) is 13.5. The third kappa shape index (κ3) is 5.19. The summed E-state index contributed by atoms with van der Waals surface area (Å²) < 4.78 is 95.9. The Labute approximate surface area is 212 Å². The molecule has 0 atom stereocenters. The molecule has 1 aromatic heterocycles. The maximum Gasteiger partial charge on any atom is 0.416 e. The number of hydrogen-bond acceptors (Lipinski definition) is 5. The Morgan fingerprint density at radius 3 is 2.44 bits per heavy atom. The van der Waals surface area contributed by atoms with E-state index in [0.717, 1.165) is 17.7 Å². The van der Waals surface area contributed by atoms with Crippen LogP contribution in [-0.2, 0) is 42.8 Å². The van der Waals surface area contributed by atoms with Crippen LogP contribution in [0.3, 0.4) is 0 Å². The zero-order chi connectivity index (χ0) is 28.2. The average molecular weight is 529 g/mol. The van der Waals surface area contributed by atoms with E-state index in [1.165, 1.54) is 22.5 Å². The van der Waals surface area contributed by atoms with Crippen molar-refractivity contribution >= 4 is 10.0 Å². The lowest BCUT2D eigenvalue weighted by Crippen LogP contribution is -2.41. The van der Waals surface area contributed by atoms with E-state index in [1.54, 1.807) is 4.90 Å². The largest absolute Gasteiger partial charge is 0.488 e. The van der Waals surface area contributed by atoms with Crippen molar-refractivity contribution in [2.45, 2.75) is 56.7 Å². The minimum absolute atomic E-state index is 0.0284. The second-order valence-electron chi connectivity index (χ2n) is 9.85. The van der Waals surface area contributed by atoms with Gasteiger partial charge in [0.2, 0.25) is 10.0 Å². The van der Waals surface area contributed by atoms with Crippen LogP contribution in [0, 0.1) is 5.92 Å². The summed E-state index contributed by atoms with van der Waals surface area (Å²) in [5, 5.41) is -0.255. The van der Waals surface area contributed by atoms with Crippen molar-refractivity contribution in [2.24, 2.45) is 12.9 Å². The lowest BCUT2D eigenvalue weighted by Gasteiger charge is -2.31. The fourth-order valence-corrected chi connectivity index (χ4v) is 6.76. The fraction of sp³-hybridized carbons (Fsp3) is 0.560. The van der Waals surface area contributed by atoms with Gasteiger partial charge in [0.05, 0.1) is 17.4 Å². The lowest BCUT2D eigenvalue weighted by molar-refractivity contribution is -0.137. The van der Waals surface area contributed by atoms with Crippen molar-refractivity contribution in [1.82, 2.24) is 13.8 Å². The molecule has 7 nitrogen and oxygen atoms in total. The van der Waals surface area contributed by atoms with Crippen molar-refractivity contribution in [3.8, 4) is 5.75 Å². The van der Waals surface area contributed by atoms with Gasteiger partial charge in [-0.15, -0.1) is 0 Å². The topological polar surface area (TPSA) is 71.8 Å². The molecule has 0 amide bonds. The predicted octanol–water partition coefficient (Wildman–Crippen LogP) is 3.50. The van der Waals surface area contributed by atoms with Gasteiger partial charge in [0.15, 0.2) is 5.75 Å². The Hall–Kier alpha value is -2.37. The highest BCUT2D eigenvalue weighted by Crippen LogP contribution is 2.34. The highest BCUT2D eigenvalue weighted by Gasteiger charge is 2.41. The van der Waals surface area contributed by atoms with Gasteiger partial charge in [-0.3, -0.25) is 9.69 Å². The Kier molecular flexibility index (Phi) is 5.72. The quantitative estimate of drug-likeness (QED) is 0.550. The molecule has 1 saturated carbocycles. The second-order valence-corrected chi connectivity index (χ2v) is 12.1. The number of piperidine rings is 1. The number of pyridine rings is 1. The summed E-state index contributed by atoms with van der Waals surface area (Å²) in [6.45, 7) is -1.25. The van der Waals surface area contributed by atoms with Crippen LogP contribution in [0.1, 0.15) is 52.2 Å². The summed E-state index contributed by atoms with van der Waals surface area (Å²) in [5.74, 6) is -0.0805. The van der Waals surface area contributed by atoms with Gasteiger partial charge >= 0.3 is 6.18 Å². The number of hydrogen-bond donors (Lipinski definition) is 0. The normalized spacial score (nSPS) is 21.6. The Morgan fingerprint density at radius 1 is 1.06 bits per heavy atom. The van der Waals surface area contributed by atoms with Crippen LogP contribution in [0.5, 0.6) is 5.75 Å². The number of ether oxygens (including phenoxy) is 1. The van der Waals surface area contributed by atoms with Crippen molar-refractivity contribution in [2.75, 3.05) is 19.7 Å². The summed E-state index contributed by atoms with van der Waals surface area (Å²) in [6.07, 6.45) is -1.86. The number of fused-ring (bicyclic) bond motifs is 1. The van der Waals surface area contributed by atoms with E-state index >= 15 is 0 Å².